The standard InChI is InChI=1S/C22H29N9/c1-5-8-31-20(18-14-26-28(4)16-18)15-25-22(31)17(2)27-19-6-7-24-21(13-19)29-9-11-30(23-3)12-10-29/h5-8,13-16,23H,2,9-12H2,1,3-4H3,(H,24,27)/b8-5-. The Labute approximate surface area is 182 Å². The van der Waals surface area contributed by atoms with Crippen molar-refractivity contribution in [3.63, 3.8) is 0 Å². The number of hydrogen-bond donors (Lipinski definition) is 2. The lowest BCUT2D eigenvalue weighted by atomic mass is 10.2. The van der Waals surface area contributed by atoms with Gasteiger partial charge >= 0.3 is 0 Å². The fourth-order valence-electron chi connectivity index (χ4n) is 3.71. The molecule has 0 aromatic carbocycles. The molecule has 0 amide bonds. The highest BCUT2D eigenvalue weighted by molar-refractivity contribution is 5.76. The van der Waals surface area contributed by atoms with Crippen molar-refractivity contribution >= 4 is 23.4 Å². The van der Waals surface area contributed by atoms with Crippen LogP contribution in [0.5, 0.6) is 0 Å². The van der Waals surface area contributed by atoms with E-state index in [0.717, 1.165) is 54.8 Å². The first-order valence-electron chi connectivity index (χ1n) is 10.4. The zero-order chi connectivity index (χ0) is 21.8. The lowest BCUT2D eigenvalue weighted by Gasteiger charge is -2.34. The van der Waals surface area contributed by atoms with Crippen LogP contribution in [0.2, 0.25) is 0 Å². The summed E-state index contributed by atoms with van der Waals surface area (Å²) >= 11 is 0. The molecule has 3 aromatic rings. The molecular formula is C22H29N9. The molecule has 4 rings (SSSR count). The average Bonchev–Trinajstić information content (AvgIpc) is 3.40. The molecule has 0 atom stereocenters. The third kappa shape index (κ3) is 4.52. The Morgan fingerprint density at radius 3 is 2.65 bits per heavy atom. The number of aryl methyl sites for hydroxylation is 1. The lowest BCUT2D eigenvalue weighted by molar-refractivity contribution is 0.195. The van der Waals surface area contributed by atoms with Crippen LogP contribution in [0.15, 0.2) is 49.6 Å². The molecule has 0 saturated carbocycles. The van der Waals surface area contributed by atoms with E-state index in [-0.39, 0.29) is 0 Å². The second-order valence-corrected chi connectivity index (χ2v) is 7.43. The van der Waals surface area contributed by atoms with Crippen molar-refractivity contribution in [2.75, 3.05) is 43.4 Å². The maximum absolute atomic E-state index is 4.62. The summed E-state index contributed by atoms with van der Waals surface area (Å²) in [6.07, 6.45) is 11.4. The Kier molecular flexibility index (Phi) is 6.15. The van der Waals surface area contributed by atoms with E-state index in [1.165, 1.54) is 0 Å². The Hall–Kier alpha value is -3.43. The monoisotopic (exact) mass is 419 g/mol. The average molecular weight is 420 g/mol. The van der Waals surface area contributed by atoms with Gasteiger partial charge in [-0.3, -0.25) is 14.7 Å². The number of piperazine rings is 1. The van der Waals surface area contributed by atoms with Gasteiger partial charge in [-0.2, -0.15) is 5.10 Å². The number of pyridine rings is 1. The molecule has 1 aliphatic rings. The van der Waals surface area contributed by atoms with Crippen LogP contribution in [0.1, 0.15) is 12.7 Å². The summed E-state index contributed by atoms with van der Waals surface area (Å²) in [6, 6.07) is 4.01. The summed E-state index contributed by atoms with van der Waals surface area (Å²) in [4.78, 5) is 11.5. The van der Waals surface area contributed by atoms with E-state index in [9.17, 15) is 0 Å². The Bertz CT molecular complexity index is 1070. The summed E-state index contributed by atoms with van der Waals surface area (Å²) in [6.45, 7) is 10.00. The van der Waals surface area contributed by atoms with Gasteiger partial charge < -0.3 is 10.2 Å². The maximum atomic E-state index is 4.62. The molecular weight excluding hydrogens is 390 g/mol. The first-order chi connectivity index (χ1) is 15.1. The third-order valence-corrected chi connectivity index (χ3v) is 5.33. The number of aromatic nitrogens is 5. The number of allylic oxidation sites excluding steroid dienone is 1. The molecule has 0 unspecified atom stereocenters. The van der Waals surface area contributed by atoms with Crippen LogP contribution in [-0.4, -0.2) is 62.6 Å². The first-order valence-corrected chi connectivity index (χ1v) is 10.4. The fourth-order valence-corrected chi connectivity index (χ4v) is 3.71. The number of hydrazine groups is 1. The van der Waals surface area contributed by atoms with Crippen LogP contribution in [0.3, 0.4) is 0 Å². The summed E-state index contributed by atoms with van der Waals surface area (Å²) in [5.41, 5.74) is 6.81. The molecule has 1 saturated heterocycles. The van der Waals surface area contributed by atoms with Gasteiger partial charge in [0.15, 0.2) is 5.82 Å². The molecule has 162 valence electrons. The van der Waals surface area contributed by atoms with Gasteiger partial charge in [-0.1, -0.05) is 12.7 Å². The molecule has 2 N–H and O–H groups in total. The van der Waals surface area contributed by atoms with Gasteiger partial charge in [0.1, 0.15) is 5.82 Å². The van der Waals surface area contributed by atoms with Gasteiger partial charge in [-0.25, -0.2) is 15.0 Å². The molecule has 4 heterocycles. The summed E-state index contributed by atoms with van der Waals surface area (Å²) in [7, 11) is 3.86. The number of imidazole rings is 1. The minimum atomic E-state index is 0.713. The second-order valence-electron chi connectivity index (χ2n) is 7.43. The number of rotatable bonds is 7. The minimum Gasteiger partial charge on any atom is -0.354 e. The molecule has 1 fully saturated rings. The van der Waals surface area contributed by atoms with Crippen molar-refractivity contribution in [3.8, 4) is 11.3 Å². The largest absolute Gasteiger partial charge is 0.354 e. The summed E-state index contributed by atoms with van der Waals surface area (Å²) in [5, 5.41) is 9.89. The van der Waals surface area contributed by atoms with Gasteiger partial charge in [-0.05, 0) is 20.0 Å². The molecule has 1 aliphatic heterocycles. The lowest BCUT2D eigenvalue weighted by Crippen LogP contribution is -2.51. The van der Waals surface area contributed by atoms with Crippen molar-refractivity contribution in [1.29, 1.82) is 0 Å². The highest BCUT2D eigenvalue weighted by Crippen LogP contribution is 2.26. The third-order valence-electron chi connectivity index (χ3n) is 5.33. The van der Waals surface area contributed by atoms with E-state index in [2.05, 4.69) is 48.4 Å². The highest BCUT2D eigenvalue weighted by Gasteiger charge is 2.18. The zero-order valence-corrected chi connectivity index (χ0v) is 18.3. The second kappa shape index (κ2) is 9.15. The molecule has 9 heteroatoms. The van der Waals surface area contributed by atoms with E-state index in [1.54, 1.807) is 4.68 Å². The van der Waals surface area contributed by atoms with Gasteiger partial charge in [-0.15, -0.1) is 0 Å². The fraction of sp³-hybridized carbons (Fsp3) is 0.318. The summed E-state index contributed by atoms with van der Waals surface area (Å²) < 4.78 is 3.80. The van der Waals surface area contributed by atoms with Crippen LogP contribution in [-0.2, 0) is 7.05 Å². The van der Waals surface area contributed by atoms with E-state index in [4.69, 9.17) is 0 Å². The Morgan fingerprint density at radius 1 is 1.16 bits per heavy atom. The van der Waals surface area contributed by atoms with Crippen molar-refractivity contribution in [1.82, 2.24) is 34.8 Å². The molecule has 9 nitrogen and oxygen atoms in total. The van der Waals surface area contributed by atoms with Gasteiger partial charge in [0, 0.05) is 69.1 Å². The highest BCUT2D eigenvalue weighted by atomic mass is 15.5. The minimum absolute atomic E-state index is 0.713. The summed E-state index contributed by atoms with van der Waals surface area (Å²) in [5.74, 6) is 1.71. The van der Waals surface area contributed by atoms with Crippen LogP contribution in [0.25, 0.3) is 23.2 Å². The Balaban J connectivity index is 1.53. The van der Waals surface area contributed by atoms with Gasteiger partial charge in [0.2, 0.25) is 0 Å². The molecule has 0 spiro atoms. The molecule has 31 heavy (non-hydrogen) atoms. The SMILES string of the molecule is C=C(Nc1ccnc(N2CCN(NC)CC2)c1)c1ncc(-c2cnn(C)c2)n1/C=C\C. The number of nitrogens with one attached hydrogen (secondary N) is 2. The van der Waals surface area contributed by atoms with Crippen molar-refractivity contribution in [2.45, 2.75) is 6.92 Å². The van der Waals surface area contributed by atoms with Crippen LogP contribution >= 0.6 is 0 Å². The van der Waals surface area contributed by atoms with Crippen molar-refractivity contribution < 1.29 is 0 Å². The molecule has 0 bridgehead atoms. The maximum Gasteiger partial charge on any atom is 0.160 e. The van der Waals surface area contributed by atoms with E-state index >= 15 is 0 Å². The predicted octanol–water partition coefficient (Wildman–Crippen LogP) is 2.51. The quantitative estimate of drug-likeness (QED) is 0.609. The molecule has 3 aromatic heterocycles. The predicted molar refractivity (Wildman–Crippen MR) is 125 cm³/mol. The number of anilines is 2. The van der Waals surface area contributed by atoms with E-state index in [1.807, 2.05) is 68.7 Å². The smallest absolute Gasteiger partial charge is 0.160 e. The first kappa shape index (κ1) is 20.8. The topological polar surface area (TPSA) is 79.1 Å². The number of nitrogens with zero attached hydrogens (tertiary/aromatic N) is 7. The normalized spacial score (nSPS) is 15.0. The van der Waals surface area contributed by atoms with E-state index in [0.29, 0.717) is 5.70 Å². The van der Waals surface area contributed by atoms with Crippen LogP contribution in [0.4, 0.5) is 11.5 Å². The van der Waals surface area contributed by atoms with Gasteiger partial charge in [0.05, 0.1) is 23.8 Å². The van der Waals surface area contributed by atoms with Crippen LogP contribution < -0.4 is 15.6 Å². The Morgan fingerprint density at radius 2 is 1.97 bits per heavy atom. The van der Waals surface area contributed by atoms with Gasteiger partial charge in [0.25, 0.3) is 0 Å². The van der Waals surface area contributed by atoms with E-state index < -0.39 is 0 Å². The van der Waals surface area contributed by atoms with Crippen molar-refractivity contribution in [3.05, 3.63) is 55.4 Å². The molecule has 0 aliphatic carbocycles. The number of hydrogen-bond acceptors (Lipinski definition) is 7. The van der Waals surface area contributed by atoms with Crippen molar-refractivity contribution in [2.24, 2.45) is 7.05 Å². The molecule has 0 radical (unpaired) electrons. The van der Waals surface area contributed by atoms with Crippen LogP contribution in [0, 0.1) is 0 Å². The zero-order valence-electron chi connectivity index (χ0n) is 18.3.